The number of hydrogen-bond acceptors (Lipinski definition) is 4. The van der Waals surface area contributed by atoms with Crippen LogP contribution in [-0.2, 0) is 14.4 Å². The first-order chi connectivity index (χ1) is 12.4. The number of hydroxylamine groups is 1. The molecule has 1 fully saturated rings. The predicted octanol–water partition coefficient (Wildman–Crippen LogP) is 1.33. The second kappa shape index (κ2) is 9.33. The van der Waals surface area contributed by atoms with Gasteiger partial charge < -0.3 is 10.6 Å². The van der Waals surface area contributed by atoms with Crippen LogP contribution in [-0.4, -0.2) is 35.5 Å². The number of rotatable bonds is 9. The van der Waals surface area contributed by atoms with Gasteiger partial charge in [-0.1, -0.05) is 44.2 Å². The standard InChI is InChI=1S/C19H27N3O4/c1-12(2)8-14(9-17(23)22-26)19(25)20-11-18(24)21-16-10-15(16)13-6-4-3-5-7-13/h3-7,12,14-16,26H,8-11H2,1-2H3,(H,20,25)(H,21,24)(H,22,23). The summed E-state index contributed by atoms with van der Waals surface area (Å²) in [5.74, 6) is -1.24. The van der Waals surface area contributed by atoms with Crippen molar-refractivity contribution in [2.45, 2.75) is 45.1 Å². The van der Waals surface area contributed by atoms with Gasteiger partial charge in [-0.15, -0.1) is 0 Å². The summed E-state index contributed by atoms with van der Waals surface area (Å²) in [7, 11) is 0. The molecule has 26 heavy (non-hydrogen) atoms. The van der Waals surface area contributed by atoms with Gasteiger partial charge in [-0.2, -0.15) is 0 Å². The number of carbonyl (C=O) groups excluding carboxylic acids is 3. The number of amides is 3. The molecule has 3 unspecified atom stereocenters. The Morgan fingerprint density at radius 2 is 1.85 bits per heavy atom. The van der Waals surface area contributed by atoms with Crippen LogP contribution in [0.15, 0.2) is 30.3 Å². The summed E-state index contributed by atoms with van der Waals surface area (Å²) in [6.45, 7) is 3.77. The molecule has 0 radical (unpaired) electrons. The molecule has 1 aliphatic rings. The minimum absolute atomic E-state index is 0.105. The Labute approximate surface area is 153 Å². The van der Waals surface area contributed by atoms with Crippen LogP contribution in [0.3, 0.4) is 0 Å². The lowest BCUT2D eigenvalue weighted by atomic mass is 9.93. The Bertz CT molecular complexity index is 633. The Hall–Kier alpha value is -2.41. The summed E-state index contributed by atoms with van der Waals surface area (Å²) in [5, 5.41) is 14.2. The fourth-order valence-electron chi connectivity index (χ4n) is 3.11. The molecule has 4 N–H and O–H groups in total. The second-order valence-electron chi connectivity index (χ2n) is 7.21. The third-order valence-corrected chi connectivity index (χ3v) is 4.47. The molecule has 3 atom stereocenters. The molecular formula is C19H27N3O4. The summed E-state index contributed by atoms with van der Waals surface area (Å²) >= 11 is 0. The van der Waals surface area contributed by atoms with Crippen molar-refractivity contribution in [3.05, 3.63) is 35.9 Å². The van der Waals surface area contributed by atoms with Crippen molar-refractivity contribution in [2.75, 3.05) is 6.54 Å². The van der Waals surface area contributed by atoms with Crippen molar-refractivity contribution in [1.82, 2.24) is 16.1 Å². The average molecular weight is 361 g/mol. The van der Waals surface area contributed by atoms with Crippen LogP contribution in [0.25, 0.3) is 0 Å². The Morgan fingerprint density at radius 1 is 1.15 bits per heavy atom. The first kappa shape index (κ1) is 19.9. The molecular weight excluding hydrogens is 334 g/mol. The first-order valence-electron chi connectivity index (χ1n) is 8.95. The summed E-state index contributed by atoms with van der Waals surface area (Å²) in [6, 6.07) is 10.1. The number of benzene rings is 1. The maximum atomic E-state index is 12.3. The topological polar surface area (TPSA) is 108 Å². The van der Waals surface area contributed by atoms with Crippen molar-refractivity contribution < 1.29 is 19.6 Å². The van der Waals surface area contributed by atoms with E-state index in [-0.39, 0.29) is 36.7 Å². The van der Waals surface area contributed by atoms with E-state index >= 15 is 0 Å². The van der Waals surface area contributed by atoms with Crippen LogP contribution in [0, 0.1) is 11.8 Å². The van der Waals surface area contributed by atoms with Crippen LogP contribution >= 0.6 is 0 Å². The van der Waals surface area contributed by atoms with Crippen LogP contribution in [0.1, 0.15) is 44.6 Å². The monoisotopic (exact) mass is 361 g/mol. The molecule has 0 spiro atoms. The highest BCUT2D eigenvalue weighted by molar-refractivity contribution is 5.88. The van der Waals surface area contributed by atoms with Crippen molar-refractivity contribution in [3.63, 3.8) is 0 Å². The smallest absolute Gasteiger partial charge is 0.244 e. The third-order valence-electron chi connectivity index (χ3n) is 4.47. The van der Waals surface area contributed by atoms with Gasteiger partial charge in [-0.3, -0.25) is 19.6 Å². The van der Waals surface area contributed by atoms with Crippen molar-refractivity contribution >= 4 is 17.7 Å². The van der Waals surface area contributed by atoms with E-state index in [4.69, 9.17) is 5.21 Å². The van der Waals surface area contributed by atoms with Gasteiger partial charge in [0.1, 0.15) is 0 Å². The molecule has 0 aliphatic heterocycles. The van der Waals surface area contributed by atoms with Gasteiger partial charge in [0.15, 0.2) is 0 Å². The van der Waals surface area contributed by atoms with Gasteiger partial charge in [-0.25, -0.2) is 5.48 Å². The number of hydrogen-bond donors (Lipinski definition) is 4. The molecule has 0 saturated heterocycles. The normalized spacial score (nSPS) is 19.5. The molecule has 1 aromatic rings. The van der Waals surface area contributed by atoms with E-state index in [0.29, 0.717) is 12.3 Å². The molecule has 1 aliphatic carbocycles. The molecule has 0 aromatic heterocycles. The van der Waals surface area contributed by atoms with E-state index in [9.17, 15) is 14.4 Å². The Kier molecular flexibility index (Phi) is 7.15. The molecule has 0 bridgehead atoms. The van der Waals surface area contributed by atoms with Gasteiger partial charge in [0.25, 0.3) is 0 Å². The molecule has 7 nitrogen and oxygen atoms in total. The van der Waals surface area contributed by atoms with Gasteiger partial charge >= 0.3 is 0 Å². The molecule has 7 heteroatoms. The maximum absolute atomic E-state index is 12.3. The van der Waals surface area contributed by atoms with Crippen LogP contribution < -0.4 is 16.1 Å². The lowest BCUT2D eigenvalue weighted by molar-refractivity contribution is -0.135. The second-order valence-corrected chi connectivity index (χ2v) is 7.21. The summed E-state index contributed by atoms with van der Waals surface area (Å²) < 4.78 is 0. The molecule has 2 rings (SSSR count). The molecule has 0 heterocycles. The van der Waals surface area contributed by atoms with E-state index in [1.54, 1.807) is 5.48 Å². The highest BCUT2D eigenvalue weighted by Crippen LogP contribution is 2.40. The van der Waals surface area contributed by atoms with E-state index in [1.807, 2.05) is 44.2 Å². The maximum Gasteiger partial charge on any atom is 0.244 e. The lowest BCUT2D eigenvalue weighted by Crippen LogP contribution is -2.41. The number of nitrogens with one attached hydrogen (secondary N) is 3. The highest BCUT2D eigenvalue weighted by atomic mass is 16.5. The van der Waals surface area contributed by atoms with E-state index in [0.717, 1.165) is 6.42 Å². The third kappa shape index (κ3) is 6.15. The van der Waals surface area contributed by atoms with E-state index in [1.165, 1.54) is 5.56 Å². The fraction of sp³-hybridized carbons (Fsp3) is 0.526. The lowest BCUT2D eigenvalue weighted by Gasteiger charge is -2.17. The number of carbonyl (C=O) groups is 3. The minimum atomic E-state index is -0.612. The quantitative estimate of drug-likeness (QED) is 0.393. The van der Waals surface area contributed by atoms with Crippen LogP contribution in [0.4, 0.5) is 0 Å². The van der Waals surface area contributed by atoms with Gasteiger partial charge in [0, 0.05) is 24.3 Å². The zero-order chi connectivity index (χ0) is 19.1. The summed E-state index contributed by atoms with van der Waals surface area (Å²) in [6.07, 6.45) is 1.29. The Morgan fingerprint density at radius 3 is 2.46 bits per heavy atom. The van der Waals surface area contributed by atoms with E-state index < -0.39 is 11.8 Å². The molecule has 1 saturated carbocycles. The van der Waals surface area contributed by atoms with Crippen LogP contribution in [0.2, 0.25) is 0 Å². The average Bonchev–Trinajstić information content (AvgIpc) is 3.38. The van der Waals surface area contributed by atoms with Crippen molar-refractivity contribution in [2.24, 2.45) is 11.8 Å². The minimum Gasteiger partial charge on any atom is -0.351 e. The summed E-state index contributed by atoms with van der Waals surface area (Å²) in [4.78, 5) is 35.7. The molecule has 1 aromatic carbocycles. The predicted molar refractivity (Wildman–Crippen MR) is 96.2 cm³/mol. The van der Waals surface area contributed by atoms with Crippen molar-refractivity contribution in [1.29, 1.82) is 0 Å². The zero-order valence-electron chi connectivity index (χ0n) is 15.2. The van der Waals surface area contributed by atoms with Gasteiger partial charge in [0.05, 0.1) is 6.54 Å². The molecule has 3 amide bonds. The Balaban J connectivity index is 1.76. The summed E-state index contributed by atoms with van der Waals surface area (Å²) in [5.41, 5.74) is 2.75. The molecule has 142 valence electrons. The van der Waals surface area contributed by atoms with Crippen LogP contribution in [0.5, 0.6) is 0 Å². The van der Waals surface area contributed by atoms with Gasteiger partial charge in [-0.05, 0) is 24.3 Å². The largest absolute Gasteiger partial charge is 0.351 e. The van der Waals surface area contributed by atoms with Crippen molar-refractivity contribution in [3.8, 4) is 0 Å². The first-order valence-corrected chi connectivity index (χ1v) is 8.95. The highest BCUT2D eigenvalue weighted by Gasteiger charge is 2.39. The van der Waals surface area contributed by atoms with Gasteiger partial charge in [0.2, 0.25) is 17.7 Å². The SMILES string of the molecule is CC(C)CC(CC(=O)NO)C(=O)NCC(=O)NC1CC1c1ccccc1. The zero-order valence-corrected chi connectivity index (χ0v) is 15.2. The van der Waals surface area contributed by atoms with E-state index in [2.05, 4.69) is 10.6 Å². The fourth-order valence-corrected chi connectivity index (χ4v) is 3.11.